The second-order valence-corrected chi connectivity index (χ2v) is 6.46. The van der Waals surface area contributed by atoms with Crippen LogP contribution >= 0.6 is 11.6 Å². The molecule has 1 aromatic heterocycles. The first kappa shape index (κ1) is 19.5. The third-order valence-electron chi connectivity index (χ3n) is 4.13. The predicted octanol–water partition coefficient (Wildman–Crippen LogP) is 4.36. The van der Waals surface area contributed by atoms with Gasteiger partial charge in [0.15, 0.2) is 0 Å². The normalized spacial score (nSPS) is 10.4. The Labute approximate surface area is 166 Å². The quantitative estimate of drug-likeness (QED) is 0.671. The Bertz CT molecular complexity index is 1040. The zero-order valence-corrected chi connectivity index (χ0v) is 15.8. The maximum atomic E-state index is 13.7. The Kier molecular flexibility index (Phi) is 6.01. The van der Waals surface area contributed by atoms with Gasteiger partial charge in [-0.3, -0.25) is 9.59 Å². The molecule has 0 aliphatic heterocycles. The molecule has 3 aromatic rings. The molecule has 2 aromatic carbocycles. The molecule has 0 aliphatic rings. The molecule has 28 heavy (non-hydrogen) atoms. The van der Waals surface area contributed by atoms with E-state index in [0.29, 0.717) is 16.3 Å². The van der Waals surface area contributed by atoms with Crippen molar-refractivity contribution in [2.45, 2.75) is 13.5 Å². The topological polar surface area (TPSA) is 71.1 Å². The summed E-state index contributed by atoms with van der Waals surface area (Å²) < 4.78 is 13.7. The number of hydrogen-bond acceptors (Lipinski definition) is 3. The van der Waals surface area contributed by atoms with Crippen molar-refractivity contribution >= 4 is 29.1 Å². The third-order valence-corrected chi connectivity index (χ3v) is 4.54. The highest BCUT2D eigenvalue weighted by molar-refractivity contribution is 6.31. The van der Waals surface area contributed by atoms with Gasteiger partial charge in [-0.25, -0.2) is 9.37 Å². The van der Waals surface area contributed by atoms with Crippen LogP contribution in [-0.4, -0.2) is 16.8 Å². The number of carbonyl (C=O) groups excluding carboxylic acids is 2. The standard InChI is InChI=1S/C21H17ClFN3O2/c1-13-15(22)7-4-9-17(13)26-21(28)19-11-5-10-18(25-19)20(27)24-12-14-6-2-3-8-16(14)23/h2-11H,12H2,1H3,(H,24,27)(H,26,28). The Morgan fingerprint density at radius 1 is 0.964 bits per heavy atom. The number of pyridine rings is 1. The van der Waals surface area contributed by atoms with Crippen molar-refractivity contribution in [3.05, 3.63) is 94.0 Å². The highest BCUT2D eigenvalue weighted by atomic mass is 35.5. The number of nitrogens with zero attached hydrogens (tertiary/aromatic N) is 1. The van der Waals surface area contributed by atoms with Gasteiger partial charge in [0.05, 0.1) is 0 Å². The van der Waals surface area contributed by atoms with Gasteiger partial charge in [0.1, 0.15) is 17.2 Å². The number of rotatable bonds is 5. The fourth-order valence-electron chi connectivity index (χ4n) is 2.52. The summed E-state index contributed by atoms with van der Waals surface area (Å²) in [5.74, 6) is -1.37. The van der Waals surface area contributed by atoms with Crippen molar-refractivity contribution in [1.29, 1.82) is 0 Å². The van der Waals surface area contributed by atoms with Crippen LogP contribution in [0.15, 0.2) is 60.7 Å². The van der Waals surface area contributed by atoms with Gasteiger partial charge in [0, 0.05) is 22.8 Å². The second-order valence-electron chi connectivity index (χ2n) is 6.05. The summed E-state index contributed by atoms with van der Waals surface area (Å²) in [7, 11) is 0. The van der Waals surface area contributed by atoms with Crippen LogP contribution in [0.25, 0.3) is 0 Å². The molecule has 0 spiro atoms. The number of benzene rings is 2. The summed E-state index contributed by atoms with van der Waals surface area (Å²) >= 11 is 6.06. The molecular formula is C21H17ClFN3O2. The Hall–Kier alpha value is -3.25. The van der Waals surface area contributed by atoms with E-state index in [1.54, 1.807) is 49.4 Å². The van der Waals surface area contributed by atoms with Gasteiger partial charge in [0.2, 0.25) is 0 Å². The molecule has 0 aliphatic carbocycles. The van der Waals surface area contributed by atoms with Crippen molar-refractivity contribution < 1.29 is 14.0 Å². The average molecular weight is 398 g/mol. The number of carbonyl (C=O) groups is 2. The fraction of sp³-hybridized carbons (Fsp3) is 0.0952. The molecule has 0 atom stereocenters. The first-order valence-electron chi connectivity index (χ1n) is 8.51. The summed E-state index contributed by atoms with van der Waals surface area (Å²) in [5.41, 5.74) is 1.80. The molecule has 0 bridgehead atoms. The van der Waals surface area contributed by atoms with E-state index in [-0.39, 0.29) is 17.9 Å². The highest BCUT2D eigenvalue weighted by Gasteiger charge is 2.14. The molecule has 0 unspecified atom stereocenters. The summed E-state index contributed by atoms with van der Waals surface area (Å²) in [6.45, 7) is 1.81. The lowest BCUT2D eigenvalue weighted by Gasteiger charge is -2.10. The molecular weight excluding hydrogens is 381 g/mol. The number of amides is 2. The van der Waals surface area contributed by atoms with Crippen molar-refractivity contribution in [1.82, 2.24) is 10.3 Å². The van der Waals surface area contributed by atoms with Gasteiger partial charge in [-0.1, -0.05) is 41.9 Å². The van der Waals surface area contributed by atoms with E-state index in [9.17, 15) is 14.0 Å². The van der Waals surface area contributed by atoms with Gasteiger partial charge in [-0.2, -0.15) is 0 Å². The maximum absolute atomic E-state index is 13.7. The first-order chi connectivity index (χ1) is 13.5. The van der Waals surface area contributed by atoms with E-state index >= 15 is 0 Å². The number of anilines is 1. The highest BCUT2D eigenvalue weighted by Crippen LogP contribution is 2.23. The molecule has 2 amide bonds. The zero-order chi connectivity index (χ0) is 20.1. The van der Waals surface area contributed by atoms with E-state index in [0.717, 1.165) is 5.56 Å². The van der Waals surface area contributed by atoms with Gasteiger partial charge in [0.25, 0.3) is 11.8 Å². The van der Waals surface area contributed by atoms with Gasteiger partial charge in [-0.15, -0.1) is 0 Å². The van der Waals surface area contributed by atoms with Crippen molar-refractivity contribution in [3.8, 4) is 0 Å². The molecule has 0 saturated carbocycles. The van der Waals surface area contributed by atoms with Gasteiger partial charge in [-0.05, 0) is 42.8 Å². The second kappa shape index (κ2) is 8.63. The summed E-state index contributed by atoms with van der Waals surface area (Å²) in [4.78, 5) is 28.9. The van der Waals surface area contributed by atoms with Crippen molar-refractivity contribution in [3.63, 3.8) is 0 Å². The van der Waals surface area contributed by atoms with Crippen LogP contribution in [0.2, 0.25) is 5.02 Å². The largest absolute Gasteiger partial charge is 0.347 e. The molecule has 2 N–H and O–H groups in total. The summed E-state index contributed by atoms with van der Waals surface area (Å²) in [6.07, 6.45) is 0. The monoisotopic (exact) mass is 397 g/mol. The first-order valence-corrected chi connectivity index (χ1v) is 8.88. The van der Waals surface area contributed by atoms with Crippen LogP contribution in [0.5, 0.6) is 0 Å². The van der Waals surface area contributed by atoms with Gasteiger partial charge >= 0.3 is 0 Å². The van der Waals surface area contributed by atoms with Crippen molar-refractivity contribution in [2.24, 2.45) is 0 Å². The number of nitrogens with one attached hydrogen (secondary N) is 2. The number of aromatic nitrogens is 1. The van der Waals surface area contributed by atoms with E-state index in [1.165, 1.54) is 18.2 Å². The van der Waals surface area contributed by atoms with Crippen LogP contribution in [0, 0.1) is 12.7 Å². The lowest BCUT2D eigenvalue weighted by atomic mass is 10.2. The maximum Gasteiger partial charge on any atom is 0.274 e. The summed E-state index contributed by atoms with van der Waals surface area (Å²) in [6, 6.07) is 15.9. The van der Waals surface area contributed by atoms with Crippen LogP contribution in [0.4, 0.5) is 10.1 Å². The van der Waals surface area contributed by atoms with Crippen LogP contribution < -0.4 is 10.6 Å². The molecule has 142 valence electrons. The molecule has 3 rings (SSSR count). The lowest BCUT2D eigenvalue weighted by molar-refractivity contribution is 0.0945. The van der Waals surface area contributed by atoms with Crippen molar-refractivity contribution in [2.75, 3.05) is 5.32 Å². The molecule has 5 nitrogen and oxygen atoms in total. The van der Waals surface area contributed by atoms with Gasteiger partial charge < -0.3 is 10.6 Å². The third kappa shape index (κ3) is 4.53. The minimum absolute atomic E-state index is 0.0192. The van der Waals surface area contributed by atoms with E-state index in [2.05, 4.69) is 15.6 Å². The smallest absolute Gasteiger partial charge is 0.274 e. The van der Waals surface area contributed by atoms with Crippen LogP contribution in [0.3, 0.4) is 0 Å². The summed E-state index contributed by atoms with van der Waals surface area (Å²) in [5, 5.41) is 5.86. The molecule has 0 saturated heterocycles. The Balaban J connectivity index is 1.70. The van der Waals surface area contributed by atoms with E-state index < -0.39 is 17.6 Å². The molecule has 0 radical (unpaired) electrons. The zero-order valence-electron chi connectivity index (χ0n) is 15.0. The average Bonchev–Trinajstić information content (AvgIpc) is 2.70. The van der Waals surface area contributed by atoms with Crippen LogP contribution in [-0.2, 0) is 6.54 Å². The number of hydrogen-bond donors (Lipinski definition) is 2. The SMILES string of the molecule is Cc1c(Cl)cccc1NC(=O)c1cccc(C(=O)NCc2ccccc2F)n1. The van der Waals surface area contributed by atoms with E-state index in [4.69, 9.17) is 11.6 Å². The minimum atomic E-state index is -0.503. The predicted molar refractivity (Wildman–Crippen MR) is 106 cm³/mol. The molecule has 0 fully saturated rings. The Morgan fingerprint density at radius 2 is 1.64 bits per heavy atom. The Morgan fingerprint density at radius 3 is 2.39 bits per heavy atom. The lowest BCUT2D eigenvalue weighted by Crippen LogP contribution is -2.25. The van der Waals surface area contributed by atoms with Crippen LogP contribution in [0.1, 0.15) is 32.1 Å². The number of halogens is 2. The minimum Gasteiger partial charge on any atom is -0.347 e. The molecule has 7 heteroatoms. The molecule has 1 heterocycles. The fourth-order valence-corrected chi connectivity index (χ4v) is 2.70. The van der Waals surface area contributed by atoms with E-state index in [1.807, 2.05) is 0 Å².